The summed E-state index contributed by atoms with van der Waals surface area (Å²) in [6.07, 6.45) is 1.89. The SMILES string of the molecule is O=CCC1C[C@H]1C(=O)O. The van der Waals surface area contributed by atoms with Crippen molar-refractivity contribution in [2.45, 2.75) is 12.8 Å². The predicted octanol–water partition coefficient (Wildman–Crippen LogP) is 0.296. The molecule has 0 bridgehead atoms. The molecule has 0 aromatic heterocycles. The molecule has 0 radical (unpaired) electrons. The molecule has 2 atom stereocenters. The molecule has 1 aliphatic rings. The second kappa shape index (κ2) is 2.17. The minimum atomic E-state index is -0.762. The van der Waals surface area contributed by atoms with Crippen LogP contribution in [0, 0.1) is 11.8 Å². The van der Waals surface area contributed by atoms with Gasteiger partial charge in [0, 0.05) is 6.42 Å². The van der Waals surface area contributed by atoms with Gasteiger partial charge in [-0.3, -0.25) is 4.79 Å². The highest BCUT2D eigenvalue weighted by Gasteiger charge is 2.42. The van der Waals surface area contributed by atoms with Crippen LogP contribution in [0.5, 0.6) is 0 Å². The molecule has 0 amide bonds. The first kappa shape index (κ1) is 6.26. The van der Waals surface area contributed by atoms with Gasteiger partial charge in [0.25, 0.3) is 0 Å². The second-order valence-electron chi connectivity index (χ2n) is 2.34. The van der Waals surface area contributed by atoms with E-state index in [1.165, 1.54) is 0 Å². The Balaban J connectivity index is 2.24. The second-order valence-corrected chi connectivity index (χ2v) is 2.34. The van der Waals surface area contributed by atoms with Crippen LogP contribution in [0.25, 0.3) is 0 Å². The number of carbonyl (C=O) groups excluding carboxylic acids is 1. The third-order valence-corrected chi connectivity index (χ3v) is 1.64. The smallest absolute Gasteiger partial charge is 0.306 e. The van der Waals surface area contributed by atoms with Crippen molar-refractivity contribution in [3.63, 3.8) is 0 Å². The summed E-state index contributed by atoms with van der Waals surface area (Å²) in [5.74, 6) is -0.850. The Hall–Kier alpha value is -0.860. The molecule has 1 rings (SSSR count). The van der Waals surface area contributed by atoms with Crippen molar-refractivity contribution in [3.05, 3.63) is 0 Å². The highest BCUT2D eigenvalue weighted by atomic mass is 16.4. The van der Waals surface area contributed by atoms with Crippen LogP contribution < -0.4 is 0 Å². The molecule has 1 unspecified atom stereocenters. The topological polar surface area (TPSA) is 54.4 Å². The number of carboxylic acids is 1. The van der Waals surface area contributed by atoms with Crippen molar-refractivity contribution < 1.29 is 14.7 Å². The fourth-order valence-electron chi connectivity index (χ4n) is 0.934. The molecule has 0 saturated heterocycles. The van der Waals surface area contributed by atoms with Crippen LogP contribution in [0.2, 0.25) is 0 Å². The van der Waals surface area contributed by atoms with E-state index in [1.807, 2.05) is 0 Å². The van der Waals surface area contributed by atoms with Gasteiger partial charge in [0.05, 0.1) is 5.92 Å². The van der Waals surface area contributed by atoms with Crippen molar-refractivity contribution in [2.75, 3.05) is 0 Å². The Morgan fingerprint density at radius 1 is 1.78 bits per heavy atom. The van der Waals surface area contributed by atoms with E-state index in [0.29, 0.717) is 12.8 Å². The van der Waals surface area contributed by atoms with Crippen molar-refractivity contribution in [1.82, 2.24) is 0 Å². The van der Waals surface area contributed by atoms with E-state index in [0.717, 1.165) is 6.29 Å². The molecule has 1 N–H and O–H groups in total. The number of rotatable bonds is 3. The number of hydrogen-bond donors (Lipinski definition) is 1. The third-order valence-electron chi connectivity index (χ3n) is 1.64. The first-order chi connectivity index (χ1) is 4.25. The van der Waals surface area contributed by atoms with Crippen molar-refractivity contribution in [1.29, 1.82) is 0 Å². The average Bonchev–Trinajstić information content (AvgIpc) is 2.47. The molecule has 0 aromatic rings. The first-order valence-corrected chi connectivity index (χ1v) is 2.92. The van der Waals surface area contributed by atoms with Crippen LogP contribution in [-0.2, 0) is 9.59 Å². The molecule has 3 nitrogen and oxygen atoms in total. The Bertz CT molecular complexity index is 141. The zero-order valence-corrected chi connectivity index (χ0v) is 4.91. The van der Waals surface area contributed by atoms with Crippen molar-refractivity contribution >= 4 is 12.3 Å². The van der Waals surface area contributed by atoms with Gasteiger partial charge in [-0.05, 0) is 12.3 Å². The normalized spacial score (nSPS) is 31.6. The summed E-state index contributed by atoms with van der Waals surface area (Å²) in [5, 5.41) is 8.33. The quantitative estimate of drug-likeness (QED) is 0.556. The molecule has 0 spiro atoms. The molecule has 1 aliphatic carbocycles. The highest BCUT2D eigenvalue weighted by Crippen LogP contribution is 2.40. The summed E-state index contributed by atoms with van der Waals surface area (Å²) in [7, 11) is 0. The number of aliphatic carboxylic acids is 1. The van der Waals surface area contributed by atoms with E-state index < -0.39 is 5.97 Å². The lowest BCUT2D eigenvalue weighted by Crippen LogP contribution is -1.99. The zero-order chi connectivity index (χ0) is 6.85. The minimum absolute atomic E-state index is 0.139. The fourth-order valence-corrected chi connectivity index (χ4v) is 0.934. The molecule has 0 aliphatic heterocycles. The average molecular weight is 128 g/mol. The molecular formula is C6H8O3. The monoisotopic (exact) mass is 128 g/mol. The largest absolute Gasteiger partial charge is 0.481 e. The highest BCUT2D eigenvalue weighted by molar-refractivity contribution is 5.74. The van der Waals surface area contributed by atoms with Gasteiger partial charge in [-0.25, -0.2) is 0 Å². The van der Waals surface area contributed by atoms with Gasteiger partial charge in [-0.2, -0.15) is 0 Å². The van der Waals surface area contributed by atoms with Crippen molar-refractivity contribution in [2.24, 2.45) is 11.8 Å². The summed E-state index contributed by atoms with van der Waals surface area (Å²) in [6, 6.07) is 0. The minimum Gasteiger partial charge on any atom is -0.481 e. The molecule has 1 saturated carbocycles. The van der Waals surface area contributed by atoms with Gasteiger partial charge < -0.3 is 9.90 Å². The number of aldehydes is 1. The summed E-state index contributed by atoms with van der Waals surface area (Å²) < 4.78 is 0. The zero-order valence-electron chi connectivity index (χ0n) is 4.91. The molecule has 50 valence electrons. The lowest BCUT2D eigenvalue weighted by atomic mass is 10.2. The summed E-state index contributed by atoms with van der Waals surface area (Å²) in [4.78, 5) is 20.0. The van der Waals surface area contributed by atoms with Gasteiger partial charge in [0.2, 0.25) is 0 Å². The number of hydrogen-bond acceptors (Lipinski definition) is 2. The molecule has 3 heteroatoms. The number of carboxylic acid groups (broad SMARTS) is 1. The fraction of sp³-hybridized carbons (Fsp3) is 0.667. The maximum absolute atomic E-state index is 10.1. The molecule has 1 fully saturated rings. The van der Waals surface area contributed by atoms with E-state index in [1.54, 1.807) is 0 Å². The Morgan fingerprint density at radius 3 is 2.78 bits per heavy atom. The van der Waals surface area contributed by atoms with Crippen LogP contribution in [0.15, 0.2) is 0 Å². The Labute approximate surface area is 52.7 Å². The maximum Gasteiger partial charge on any atom is 0.306 e. The predicted molar refractivity (Wildman–Crippen MR) is 29.9 cm³/mol. The summed E-state index contributed by atoms with van der Waals surface area (Å²) in [5.41, 5.74) is 0. The van der Waals surface area contributed by atoms with Gasteiger partial charge in [0.15, 0.2) is 0 Å². The van der Waals surface area contributed by atoms with Crippen LogP contribution in [-0.4, -0.2) is 17.4 Å². The van der Waals surface area contributed by atoms with E-state index in [9.17, 15) is 9.59 Å². The first-order valence-electron chi connectivity index (χ1n) is 2.92. The third kappa shape index (κ3) is 1.28. The van der Waals surface area contributed by atoms with Gasteiger partial charge in [0.1, 0.15) is 6.29 Å². The van der Waals surface area contributed by atoms with E-state index in [-0.39, 0.29) is 11.8 Å². The van der Waals surface area contributed by atoms with E-state index >= 15 is 0 Å². The summed E-state index contributed by atoms with van der Waals surface area (Å²) >= 11 is 0. The van der Waals surface area contributed by atoms with Crippen LogP contribution >= 0.6 is 0 Å². The lowest BCUT2D eigenvalue weighted by Gasteiger charge is -1.84. The van der Waals surface area contributed by atoms with E-state index in [2.05, 4.69) is 0 Å². The Morgan fingerprint density at radius 2 is 2.44 bits per heavy atom. The summed E-state index contributed by atoms with van der Waals surface area (Å²) in [6.45, 7) is 0. The van der Waals surface area contributed by atoms with Crippen LogP contribution in [0.3, 0.4) is 0 Å². The van der Waals surface area contributed by atoms with Crippen LogP contribution in [0.1, 0.15) is 12.8 Å². The molecule has 9 heavy (non-hydrogen) atoms. The number of carbonyl (C=O) groups is 2. The van der Waals surface area contributed by atoms with E-state index in [4.69, 9.17) is 5.11 Å². The van der Waals surface area contributed by atoms with Crippen LogP contribution in [0.4, 0.5) is 0 Å². The standard InChI is InChI=1S/C6H8O3/c7-2-1-4-3-5(4)6(8)9/h2,4-5H,1,3H2,(H,8,9)/t4?,5-/m1/s1. The Kier molecular flexibility index (Phi) is 1.51. The van der Waals surface area contributed by atoms with Gasteiger partial charge >= 0.3 is 5.97 Å². The molecular weight excluding hydrogens is 120 g/mol. The maximum atomic E-state index is 10.1. The van der Waals surface area contributed by atoms with Gasteiger partial charge in [-0.1, -0.05) is 0 Å². The lowest BCUT2D eigenvalue weighted by molar-refractivity contribution is -0.138. The van der Waals surface area contributed by atoms with Gasteiger partial charge in [-0.15, -0.1) is 0 Å². The molecule has 0 heterocycles. The van der Waals surface area contributed by atoms with Crippen molar-refractivity contribution in [3.8, 4) is 0 Å². The molecule has 0 aromatic carbocycles.